The molecule has 1 fully saturated rings. The van der Waals surface area contributed by atoms with Gasteiger partial charge in [0, 0.05) is 32.5 Å². The Hall–Kier alpha value is -1.15. The summed E-state index contributed by atoms with van der Waals surface area (Å²) in [5, 5.41) is 0. The highest BCUT2D eigenvalue weighted by atomic mass is 16.1. The number of carbonyl (C=O) groups is 1. The summed E-state index contributed by atoms with van der Waals surface area (Å²) in [5.74, 6) is 0.383. The van der Waals surface area contributed by atoms with Crippen LogP contribution in [0.25, 0.3) is 0 Å². The van der Waals surface area contributed by atoms with Crippen molar-refractivity contribution < 1.29 is 4.79 Å². The molecule has 0 atom stereocenters. The number of ketones is 1. The number of nitrogens with zero attached hydrogens (tertiary/aromatic N) is 1. The Labute approximate surface area is 99.3 Å². The maximum absolute atomic E-state index is 11.0. The lowest BCUT2D eigenvalue weighted by Gasteiger charge is -2.25. The van der Waals surface area contributed by atoms with Crippen LogP contribution in [0.4, 0.5) is 0 Å². The first-order valence-corrected chi connectivity index (χ1v) is 5.94. The highest BCUT2D eigenvalue weighted by Crippen LogP contribution is 2.08. The number of allylic oxidation sites excluding steroid dienone is 2. The van der Waals surface area contributed by atoms with Gasteiger partial charge in [-0.3, -0.25) is 9.69 Å². The molecule has 0 aromatic rings. The third-order valence-electron chi connectivity index (χ3n) is 2.41. The van der Waals surface area contributed by atoms with Gasteiger partial charge in [-0.1, -0.05) is 45.2 Å². The Bertz CT molecular complexity index is 256. The van der Waals surface area contributed by atoms with Gasteiger partial charge < -0.3 is 0 Å². The summed E-state index contributed by atoms with van der Waals surface area (Å²) in [7, 11) is 0. The highest BCUT2D eigenvalue weighted by molar-refractivity contribution is 5.79. The molecule has 1 aliphatic rings. The summed E-state index contributed by atoms with van der Waals surface area (Å²) in [5.41, 5.74) is 1.16. The van der Waals surface area contributed by atoms with E-state index in [2.05, 4.69) is 18.1 Å². The van der Waals surface area contributed by atoms with Crippen molar-refractivity contribution in [3.05, 3.63) is 37.0 Å². The Balaban J connectivity index is 0.00000106. The van der Waals surface area contributed by atoms with Crippen molar-refractivity contribution in [3.63, 3.8) is 0 Å². The number of Topliss-reactive ketones (excluding diaryl/α,β-unsaturated/α-hetero) is 1. The molecule has 0 bridgehead atoms. The minimum Gasteiger partial charge on any atom is -0.300 e. The van der Waals surface area contributed by atoms with Gasteiger partial charge in [-0.15, -0.1) is 0 Å². The number of piperidine rings is 1. The molecule has 0 aromatic carbocycles. The van der Waals surface area contributed by atoms with E-state index in [1.165, 1.54) is 0 Å². The lowest BCUT2D eigenvalue weighted by atomic mass is 10.1. The average molecular weight is 221 g/mol. The van der Waals surface area contributed by atoms with Gasteiger partial charge in [0.1, 0.15) is 5.78 Å². The van der Waals surface area contributed by atoms with Crippen LogP contribution < -0.4 is 0 Å². The first-order chi connectivity index (χ1) is 7.76. The smallest absolute Gasteiger partial charge is 0.135 e. The van der Waals surface area contributed by atoms with Gasteiger partial charge in [0.25, 0.3) is 0 Å². The first-order valence-electron chi connectivity index (χ1n) is 5.94. The molecule has 0 saturated carbocycles. The second-order valence-electron chi connectivity index (χ2n) is 3.50. The van der Waals surface area contributed by atoms with E-state index < -0.39 is 0 Å². The third-order valence-corrected chi connectivity index (χ3v) is 2.41. The molecule has 0 spiro atoms. The molecule has 1 heterocycles. The summed E-state index contributed by atoms with van der Waals surface area (Å²) in [6.07, 6.45) is 6.96. The molecule has 0 unspecified atom stereocenters. The number of carbonyl (C=O) groups excluding carboxylic acids is 1. The summed E-state index contributed by atoms with van der Waals surface area (Å²) in [6.45, 7) is 14.0. The molecule has 2 heteroatoms. The molecule has 1 aliphatic heterocycles. The zero-order valence-corrected chi connectivity index (χ0v) is 10.5. The monoisotopic (exact) mass is 221 g/mol. The summed E-state index contributed by atoms with van der Waals surface area (Å²) < 4.78 is 0. The van der Waals surface area contributed by atoms with Crippen LogP contribution in [0, 0.1) is 0 Å². The van der Waals surface area contributed by atoms with E-state index in [1.807, 2.05) is 26.0 Å². The Morgan fingerprint density at radius 2 is 1.88 bits per heavy atom. The van der Waals surface area contributed by atoms with Crippen molar-refractivity contribution in [2.45, 2.75) is 26.7 Å². The molecule has 1 rings (SSSR count). The molecule has 0 amide bonds. The maximum atomic E-state index is 11.0. The molecule has 0 N–H and O–H groups in total. The quantitative estimate of drug-likeness (QED) is 0.680. The zero-order chi connectivity index (χ0) is 12.4. The van der Waals surface area contributed by atoms with Crippen LogP contribution in [-0.4, -0.2) is 30.3 Å². The maximum Gasteiger partial charge on any atom is 0.135 e. The van der Waals surface area contributed by atoms with Gasteiger partial charge in [0.05, 0.1) is 0 Å². The van der Waals surface area contributed by atoms with E-state index in [0.717, 1.165) is 25.2 Å². The van der Waals surface area contributed by atoms with Crippen LogP contribution in [0.1, 0.15) is 26.7 Å². The van der Waals surface area contributed by atoms with Gasteiger partial charge in [0.2, 0.25) is 0 Å². The Kier molecular flexibility index (Phi) is 8.45. The van der Waals surface area contributed by atoms with Crippen LogP contribution in [-0.2, 0) is 4.79 Å². The van der Waals surface area contributed by atoms with Crippen LogP contribution in [0.3, 0.4) is 0 Å². The lowest BCUT2D eigenvalue weighted by molar-refractivity contribution is -0.121. The van der Waals surface area contributed by atoms with Crippen molar-refractivity contribution in [2.24, 2.45) is 0 Å². The van der Waals surface area contributed by atoms with E-state index in [0.29, 0.717) is 18.6 Å². The van der Waals surface area contributed by atoms with Gasteiger partial charge in [-0.25, -0.2) is 0 Å². The van der Waals surface area contributed by atoms with Crippen LogP contribution in [0.15, 0.2) is 37.0 Å². The standard InChI is InChI=1S/C12H17NO.C2H6/c1-3-5-11(4-2)10-13-8-6-12(14)7-9-13;1-2/h3-5H,1-2,6-10H2;1-2H3/b11-5+;. The Morgan fingerprint density at radius 1 is 1.31 bits per heavy atom. The fraction of sp³-hybridized carbons (Fsp3) is 0.500. The number of rotatable bonds is 4. The zero-order valence-electron chi connectivity index (χ0n) is 10.5. The van der Waals surface area contributed by atoms with Crippen LogP contribution in [0.5, 0.6) is 0 Å². The number of hydrogen-bond donors (Lipinski definition) is 0. The average Bonchev–Trinajstić information content (AvgIpc) is 2.34. The number of likely N-dealkylation sites (tertiary alicyclic amines) is 1. The summed E-state index contributed by atoms with van der Waals surface area (Å²) in [4.78, 5) is 13.3. The minimum absolute atomic E-state index is 0.383. The SMILES string of the molecule is C=C/C=C(\C=C)CN1CCC(=O)CC1.CC. The fourth-order valence-electron chi connectivity index (χ4n) is 1.56. The third kappa shape index (κ3) is 5.66. The van der Waals surface area contributed by atoms with Gasteiger partial charge in [-0.05, 0) is 5.57 Å². The summed E-state index contributed by atoms with van der Waals surface area (Å²) in [6, 6.07) is 0. The lowest BCUT2D eigenvalue weighted by Crippen LogP contribution is -2.34. The van der Waals surface area contributed by atoms with Crippen molar-refractivity contribution in [3.8, 4) is 0 Å². The van der Waals surface area contributed by atoms with Crippen molar-refractivity contribution in [2.75, 3.05) is 19.6 Å². The topological polar surface area (TPSA) is 20.3 Å². The van der Waals surface area contributed by atoms with Crippen molar-refractivity contribution in [1.29, 1.82) is 0 Å². The van der Waals surface area contributed by atoms with Crippen LogP contribution in [0.2, 0.25) is 0 Å². The van der Waals surface area contributed by atoms with Gasteiger partial charge >= 0.3 is 0 Å². The Morgan fingerprint density at radius 3 is 2.31 bits per heavy atom. The summed E-state index contributed by atoms with van der Waals surface area (Å²) >= 11 is 0. The van der Waals surface area contributed by atoms with Crippen LogP contribution >= 0.6 is 0 Å². The van der Waals surface area contributed by atoms with Gasteiger partial charge in [-0.2, -0.15) is 0 Å². The molecule has 2 nitrogen and oxygen atoms in total. The normalized spacial score (nSPS) is 17.4. The molecule has 16 heavy (non-hydrogen) atoms. The molecule has 1 saturated heterocycles. The predicted octanol–water partition coefficient (Wildman–Crippen LogP) is 2.98. The van der Waals surface area contributed by atoms with E-state index in [4.69, 9.17) is 0 Å². The second kappa shape index (κ2) is 9.10. The molecular formula is C14H23NO. The van der Waals surface area contributed by atoms with Gasteiger partial charge in [0.15, 0.2) is 0 Å². The fourth-order valence-corrected chi connectivity index (χ4v) is 1.56. The second-order valence-corrected chi connectivity index (χ2v) is 3.50. The minimum atomic E-state index is 0.383. The van der Waals surface area contributed by atoms with E-state index in [9.17, 15) is 4.79 Å². The van der Waals surface area contributed by atoms with E-state index in [-0.39, 0.29) is 0 Å². The molecule has 0 aromatic heterocycles. The van der Waals surface area contributed by atoms with E-state index >= 15 is 0 Å². The largest absolute Gasteiger partial charge is 0.300 e. The van der Waals surface area contributed by atoms with E-state index in [1.54, 1.807) is 6.08 Å². The first kappa shape index (κ1) is 14.8. The molecular weight excluding hydrogens is 198 g/mol. The molecule has 90 valence electrons. The van der Waals surface area contributed by atoms with Crippen molar-refractivity contribution in [1.82, 2.24) is 4.90 Å². The highest BCUT2D eigenvalue weighted by Gasteiger charge is 2.15. The predicted molar refractivity (Wildman–Crippen MR) is 70.5 cm³/mol. The van der Waals surface area contributed by atoms with Crippen molar-refractivity contribution >= 4 is 5.78 Å². The number of hydrogen-bond acceptors (Lipinski definition) is 2. The molecule has 0 aliphatic carbocycles. The molecule has 0 radical (unpaired) electrons.